The standard InChI is InChI=1S/C20H26N2O3S/c1-4-6-8-16-11-13-18(14-12-16)21-20(23)17-9-7-10-19(15-17)22(3)26(24,25)5-2/h7,9-15H,4-6,8H2,1-3H3,(H,21,23). The molecule has 0 radical (unpaired) electrons. The van der Waals surface area contributed by atoms with Crippen molar-refractivity contribution in [3.63, 3.8) is 0 Å². The number of hydrogen-bond acceptors (Lipinski definition) is 3. The number of nitrogens with zero attached hydrogens (tertiary/aromatic N) is 1. The average molecular weight is 375 g/mol. The van der Waals surface area contributed by atoms with Crippen LogP contribution < -0.4 is 9.62 Å². The molecule has 140 valence electrons. The number of unbranched alkanes of at least 4 members (excludes halogenated alkanes) is 1. The molecule has 0 bridgehead atoms. The Morgan fingerprint density at radius 3 is 2.38 bits per heavy atom. The van der Waals surface area contributed by atoms with Crippen LogP contribution in [0, 0.1) is 0 Å². The van der Waals surface area contributed by atoms with Crippen LogP contribution in [0.2, 0.25) is 0 Å². The molecule has 6 heteroatoms. The van der Waals surface area contributed by atoms with Crippen LogP contribution in [0.5, 0.6) is 0 Å². The summed E-state index contributed by atoms with van der Waals surface area (Å²) in [5, 5.41) is 2.85. The molecule has 0 aliphatic heterocycles. The van der Waals surface area contributed by atoms with Gasteiger partial charge in [-0.15, -0.1) is 0 Å². The summed E-state index contributed by atoms with van der Waals surface area (Å²) in [5.41, 5.74) is 2.85. The van der Waals surface area contributed by atoms with Crippen molar-refractivity contribution in [2.45, 2.75) is 33.1 Å². The van der Waals surface area contributed by atoms with Gasteiger partial charge in [0.1, 0.15) is 0 Å². The average Bonchev–Trinajstić information content (AvgIpc) is 2.66. The van der Waals surface area contributed by atoms with Gasteiger partial charge in [0, 0.05) is 18.3 Å². The van der Waals surface area contributed by atoms with Crippen molar-refractivity contribution >= 4 is 27.3 Å². The summed E-state index contributed by atoms with van der Waals surface area (Å²) in [6.07, 6.45) is 3.33. The van der Waals surface area contributed by atoms with Gasteiger partial charge in [0.2, 0.25) is 10.0 Å². The number of anilines is 2. The van der Waals surface area contributed by atoms with Crippen molar-refractivity contribution < 1.29 is 13.2 Å². The molecule has 1 N–H and O–H groups in total. The topological polar surface area (TPSA) is 66.5 Å². The maximum absolute atomic E-state index is 12.5. The van der Waals surface area contributed by atoms with E-state index in [-0.39, 0.29) is 11.7 Å². The van der Waals surface area contributed by atoms with Crippen LogP contribution >= 0.6 is 0 Å². The van der Waals surface area contributed by atoms with E-state index in [4.69, 9.17) is 0 Å². The van der Waals surface area contributed by atoms with Crippen molar-refractivity contribution in [1.29, 1.82) is 0 Å². The van der Waals surface area contributed by atoms with E-state index in [9.17, 15) is 13.2 Å². The van der Waals surface area contributed by atoms with E-state index in [2.05, 4.69) is 12.2 Å². The molecule has 0 atom stereocenters. The second kappa shape index (κ2) is 8.85. The minimum Gasteiger partial charge on any atom is -0.322 e. The van der Waals surface area contributed by atoms with Crippen LogP contribution in [0.25, 0.3) is 0 Å². The SMILES string of the molecule is CCCCc1ccc(NC(=O)c2cccc(N(C)S(=O)(=O)CC)c2)cc1. The lowest BCUT2D eigenvalue weighted by Crippen LogP contribution is -2.28. The molecule has 0 aliphatic carbocycles. The van der Waals surface area contributed by atoms with Gasteiger partial charge in [0.25, 0.3) is 5.91 Å². The van der Waals surface area contributed by atoms with Crippen molar-refractivity contribution in [1.82, 2.24) is 0 Å². The third-order valence-corrected chi connectivity index (χ3v) is 6.06. The Labute approximate surface area is 156 Å². The molecule has 2 aromatic rings. The minimum atomic E-state index is -3.36. The number of rotatable bonds is 8. The number of sulfonamides is 1. The number of aryl methyl sites for hydroxylation is 1. The highest BCUT2D eigenvalue weighted by Crippen LogP contribution is 2.19. The Morgan fingerprint density at radius 2 is 1.77 bits per heavy atom. The maximum atomic E-state index is 12.5. The highest BCUT2D eigenvalue weighted by molar-refractivity contribution is 7.92. The van der Waals surface area contributed by atoms with E-state index in [1.54, 1.807) is 31.2 Å². The second-order valence-corrected chi connectivity index (χ2v) is 8.46. The quantitative estimate of drug-likeness (QED) is 0.757. The maximum Gasteiger partial charge on any atom is 0.255 e. The summed E-state index contributed by atoms with van der Waals surface area (Å²) >= 11 is 0. The van der Waals surface area contributed by atoms with E-state index >= 15 is 0 Å². The van der Waals surface area contributed by atoms with Gasteiger partial charge in [-0.2, -0.15) is 0 Å². The van der Waals surface area contributed by atoms with Crippen molar-refractivity contribution in [2.75, 3.05) is 22.4 Å². The smallest absolute Gasteiger partial charge is 0.255 e. The lowest BCUT2D eigenvalue weighted by molar-refractivity contribution is 0.102. The minimum absolute atomic E-state index is 0.00427. The van der Waals surface area contributed by atoms with Gasteiger partial charge in [-0.3, -0.25) is 9.10 Å². The fourth-order valence-corrected chi connectivity index (χ4v) is 3.36. The van der Waals surface area contributed by atoms with Gasteiger partial charge >= 0.3 is 0 Å². The van der Waals surface area contributed by atoms with E-state index in [1.807, 2.05) is 24.3 Å². The fraction of sp³-hybridized carbons (Fsp3) is 0.350. The zero-order valence-electron chi connectivity index (χ0n) is 15.5. The lowest BCUT2D eigenvalue weighted by atomic mass is 10.1. The van der Waals surface area contributed by atoms with Crippen LogP contribution in [0.4, 0.5) is 11.4 Å². The van der Waals surface area contributed by atoms with Crippen molar-refractivity contribution in [3.8, 4) is 0 Å². The lowest BCUT2D eigenvalue weighted by Gasteiger charge is -2.19. The molecule has 2 rings (SSSR count). The van der Waals surface area contributed by atoms with Crippen LogP contribution in [0.1, 0.15) is 42.6 Å². The highest BCUT2D eigenvalue weighted by atomic mass is 32.2. The zero-order chi connectivity index (χ0) is 19.2. The Kier molecular flexibility index (Phi) is 6.80. The molecule has 2 aromatic carbocycles. The molecule has 26 heavy (non-hydrogen) atoms. The highest BCUT2D eigenvalue weighted by Gasteiger charge is 2.17. The van der Waals surface area contributed by atoms with Gasteiger partial charge in [0.15, 0.2) is 0 Å². The summed E-state index contributed by atoms with van der Waals surface area (Å²) in [6, 6.07) is 14.4. The van der Waals surface area contributed by atoms with Crippen LogP contribution in [-0.4, -0.2) is 27.1 Å². The zero-order valence-corrected chi connectivity index (χ0v) is 16.3. The summed E-state index contributed by atoms with van der Waals surface area (Å²) in [4.78, 5) is 12.5. The first-order valence-electron chi connectivity index (χ1n) is 8.84. The van der Waals surface area contributed by atoms with Gasteiger partial charge < -0.3 is 5.32 Å². The normalized spacial score (nSPS) is 11.2. The molecule has 0 saturated carbocycles. The van der Waals surface area contributed by atoms with Gasteiger partial charge in [-0.25, -0.2) is 8.42 Å². The molecular weight excluding hydrogens is 348 g/mol. The Morgan fingerprint density at radius 1 is 1.08 bits per heavy atom. The summed E-state index contributed by atoms with van der Waals surface area (Å²) in [6.45, 7) is 3.75. The van der Waals surface area contributed by atoms with Gasteiger partial charge in [0.05, 0.1) is 11.4 Å². The molecule has 0 unspecified atom stereocenters. The van der Waals surface area contributed by atoms with Crippen LogP contribution in [0.3, 0.4) is 0 Å². The molecular formula is C20H26N2O3S. The Bertz CT molecular complexity index is 846. The molecule has 0 spiro atoms. The van der Waals surface area contributed by atoms with E-state index < -0.39 is 10.0 Å². The van der Waals surface area contributed by atoms with E-state index in [0.29, 0.717) is 11.3 Å². The second-order valence-electron chi connectivity index (χ2n) is 6.17. The summed E-state index contributed by atoms with van der Waals surface area (Å²) < 4.78 is 25.2. The molecule has 1 amide bonds. The van der Waals surface area contributed by atoms with Gasteiger partial charge in [-0.1, -0.05) is 31.5 Å². The van der Waals surface area contributed by atoms with Gasteiger partial charge in [-0.05, 0) is 55.7 Å². The Balaban J connectivity index is 2.11. The molecule has 0 saturated heterocycles. The van der Waals surface area contributed by atoms with Crippen molar-refractivity contribution in [2.24, 2.45) is 0 Å². The third-order valence-electron chi connectivity index (χ3n) is 4.28. The number of amides is 1. The largest absolute Gasteiger partial charge is 0.322 e. The molecule has 0 aliphatic rings. The predicted molar refractivity (Wildman–Crippen MR) is 107 cm³/mol. The fourth-order valence-electron chi connectivity index (χ4n) is 2.54. The first-order chi connectivity index (χ1) is 12.4. The van der Waals surface area contributed by atoms with Crippen molar-refractivity contribution in [3.05, 3.63) is 59.7 Å². The molecule has 0 heterocycles. The van der Waals surface area contributed by atoms with Crippen LogP contribution in [-0.2, 0) is 16.4 Å². The number of nitrogens with one attached hydrogen (secondary N) is 1. The van der Waals surface area contributed by atoms with E-state index in [0.717, 1.165) is 24.9 Å². The molecule has 0 aromatic heterocycles. The number of carbonyl (C=O) groups is 1. The monoisotopic (exact) mass is 374 g/mol. The van der Waals surface area contributed by atoms with E-state index in [1.165, 1.54) is 16.9 Å². The summed E-state index contributed by atoms with van der Waals surface area (Å²) in [5.74, 6) is -0.264. The number of carbonyl (C=O) groups excluding carboxylic acids is 1. The number of benzene rings is 2. The first kappa shape index (κ1) is 20.0. The summed E-state index contributed by atoms with van der Waals surface area (Å²) in [7, 11) is -1.87. The molecule has 0 fully saturated rings. The Hall–Kier alpha value is -2.34. The third kappa shape index (κ3) is 5.08. The first-order valence-corrected chi connectivity index (χ1v) is 10.4. The van der Waals surface area contributed by atoms with Crippen LogP contribution in [0.15, 0.2) is 48.5 Å². The molecule has 5 nitrogen and oxygen atoms in total. The predicted octanol–water partition coefficient (Wildman–Crippen LogP) is 4.07. The number of hydrogen-bond donors (Lipinski definition) is 1.